The highest BCUT2D eigenvalue weighted by Gasteiger charge is 2.33. The van der Waals surface area contributed by atoms with Gasteiger partial charge in [0.15, 0.2) is 0 Å². The van der Waals surface area contributed by atoms with Gasteiger partial charge < -0.3 is 26.1 Å². The van der Waals surface area contributed by atoms with Gasteiger partial charge in [-0.2, -0.15) is 4.31 Å². The largest absolute Gasteiger partial charge is 0.465 e. The van der Waals surface area contributed by atoms with Crippen molar-refractivity contribution in [3.8, 4) is 0 Å². The quantitative estimate of drug-likeness (QED) is 0.0911. The molecule has 0 saturated carbocycles. The third-order valence-electron chi connectivity index (χ3n) is 5.79. The van der Waals surface area contributed by atoms with Crippen molar-refractivity contribution in [3.05, 3.63) is 65.7 Å². The van der Waals surface area contributed by atoms with Gasteiger partial charge in [0, 0.05) is 13.1 Å². The number of carbonyl (C=O) groups is 2. The van der Waals surface area contributed by atoms with E-state index in [1.807, 2.05) is 0 Å². The number of aliphatic hydroxyl groups excluding tert-OH is 1. The topological polar surface area (TPSA) is 229 Å². The molecule has 226 valence electrons. The molecule has 0 aliphatic rings. The summed E-state index contributed by atoms with van der Waals surface area (Å²) >= 11 is 0. The first-order chi connectivity index (χ1) is 19.1. The maximum atomic E-state index is 13.6. The molecule has 0 unspecified atom stereocenters. The van der Waals surface area contributed by atoms with Gasteiger partial charge in [0.2, 0.25) is 26.0 Å². The molecule has 0 aliphatic carbocycles. The van der Waals surface area contributed by atoms with Crippen molar-refractivity contribution in [2.45, 2.75) is 43.4 Å². The van der Waals surface area contributed by atoms with Crippen molar-refractivity contribution in [1.82, 2.24) is 14.9 Å². The van der Waals surface area contributed by atoms with Gasteiger partial charge in [-0.05, 0) is 35.6 Å². The Morgan fingerprint density at radius 3 is 2.12 bits per heavy atom. The number of aliphatic hydroxyl groups is 1. The minimum absolute atomic E-state index is 0.00761. The summed E-state index contributed by atoms with van der Waals surface area (Å²) in [6, 6.07) is 11.2. The highest BCUT2D eigenvalue weighted by atomic mass is 32.2. The van der Waals surface area contributed by atoms with Crippen LogP contribution in [0.25, 0.3) is 0 Å². The fourth-order valence-electron chi connectivity index (χ4n) is 3.95. The molecule has 0 saturated heterocycles. The van der Waals surface area contributed by atoms with Crippen LogP contribution in [-0.4, -0.2) is 91.8 Å². The Hall–Kier alpha value is -3.57. The summed E-state index contributed by atoms with van der Waals surface area (Å²) in [5.41, 5.74) is 1.11. The second-order valence-electron chi connectivity index (χ2n) is 9.73. The standard InChI is InChI=1S/C25H35N5O9S2/c1-17(2)14-30(41(38,39)20-10-8-19(9-11-20)13-27-35)15-23(31)21(12-18-6-4-3-5-7-18)28-24(32)22(29-25(33)34)16-40(26,36)37/h3-11,13,17,21-23,29,31,35H,12,14-16H2,1-2H3,(H,28,32)(H,33,34)(H2,26,36,37)/t21-,22-,23-/m0/s1. The molecule has 0 bridgehead atoms. The van der Waals surface area contributed by atoms with Gasteiger partial charge >= 0.3 is 6.09 Å². The van der Waals surface area contributed by atoms with Crippen LogP contribution < -0.4 is 15.8 Å². The summed E-state index contributed by atoms with van der Waals surface area (Å²) in [7, 11) is -8.42. The molecule has 2 amide bonds. The molecule has 16 heteroatoms. The molecule has 0 radical (unpaired) electrons. The number of rotatable bonds is 15. The summed E-state index contributed by atoms with van der Waals surface area (Å²) in [4.78, 5) is 24.1. The lowest BCUT2D eigenvalue weighted by molar-refractivity contribution is -0.124. The Kier molecular flexibility index (Phi) is 12.2. The average molecular weight is 614 g/mol. The van der Waals surface area contributed by atoms with Crippen molar-refractivity contribution in [2.24, 2.45) is 16.2 Å². The monoisotopic (exact) mass is 613 g/mol. The Balaban J connectivity index is 2.41. The van der Waals surface area contributed by atoms with Gasteiger partial charge in [-0.15, -0.1) is 0 Å². The minimum Gasteiger partial charge on any atom is -0.465 e. The van der Waals surface area contributed by atoms with E-state index in [1.54, 1.807) is 49.5 Å². The fourth-order valence-corrected chi connectivity index (χ4v) is 6.28. The number of nitrogens with two attached hydrogens (primary N) is 1. The molecule has 0 aliphatic heterocycles. The molecular formula is C25H35N5O9S2. The molecule has 0 spiro atoms. The Bertz CT molecular complexity index is 1400. The zero-order valence-corrected chi connectivity index (χ0v) is 24.1. The first-order valence-electron chi connectivity index (χ1n) is 12.4. The molecular weight excluding hydrogens is 578 g/mol. The second-order valence-corrected chi connectivity index (χ2v) is 13.3. The zero-order chi connectivity index (χ0) is 30.8. The Morgan fingerprint density at radius 2 is 1.61 bits per heavy atom. The number of amides is 2. The van der Waals surface area contributed by atoms with Crippen LogP contribution in [-0.2, 0) is 31.3 Å². The number of hydrogen-bond acceptors (Lipinski definition) is 9. The number of oxime groups is 1. The highest BCUT2D eigenvalue weighted by molar-refractivity contribution is 7.89. The third kappa shape index (κ3) is 11.1. The number of benzene rings is 2. The molecule has 2 aromatic carbocycles. The maximum absolute atomic E-state index is 13.6. The Labute approximate surface area is 239 Å². The van der Waals surface area contributed by atoms with Crippen molar-refractivity contribution >= 4 is 38.3 Å². The first-order valence-corrected chi connectivity index (χ1v) is 15.6. The van der Waals surface area contributed by atoms with Crippen LogP contribution in [0.2, 0.25) is 0 Å². The molecule has 0 heterocycles. The molecule has 41 heavy (non-hydrogen) atoms. The van der Waals surface area contributed by atoms with E-state index in [9.17, 15) is 31.5 Å². The lowest BCUT2D eigenvalue weighted by atomic mass is 10.0. The molecule has 7 N–H and O–H groups in total. The van der Waals surface area contributed by atoms with E-state index in [1.165, 1.54) is 24.3 Å². The van der Waals surface area contributed by atoms with E-state index in [4.69, 9.17) is 15.5 Å². The summed E-state index contributed by atoms with van der Waals surface area (Å²) < 4.78 is 51.4. The van der Waals surface area contributed by atoms with Gasteiger partial charge in [-0.25, -0.2) is 26.8 Å². The number of primary sulfonamides is 1. The van der Waals surface area contributed by atoms with E-state index < -0.39 is 62.5 Å². The van der Waals surface area contributed by atoms with E-state index in [2.05, 4.69) is 10.5 Å². The van der Waals surface area contributed by atoms with Crippen molar-refractivity contribution in [2.75, 3.05) is 18.8 Å². The van der Waals surface area contributed by atoms with E-state index in [0.29, 0.717) is 11.1 Å². The van der Waals surface area contributed by atoms with Gasteiger partial charge in [0.05, 0.1) is 29.0 Å². The van der Waals surface area contributed by atoms with Crippen molar-refractivity contribution < 1.29 is 41.8 Å². The molecule has 2 rings (SSSR count). The van der Waals surface area contributed by atoms with Crippen LogP contribution in [0, 0.1) is 5.92 Å². The number of carbonyl (C=O) groups excluding carboxylic acids is 1. The molecule has 0 aromatic heterocycles. The number of carboxylic acid groups (broad SMARTS) is 1. The number of nitrogens with zero attached hydrogens (tertiary/aromatic N) is 2. The molecule has 14 nitrogen and oxygen atoms in total. The SMILES string of the molecule is CC(C)CN(C[C@H](O)[C@H](Cc1ccccc1)NC(=O)[C@H](CS(N)(=O)=O)NC(=O)O)S(=O)(=O)c1ccc(C=NO)cc1. The number of nitrogens with one attached hydrogen (secondary N) is 2. The summed E-state index contributed by atoms with van der Waals surface area (Å²) in [5, 5.41) is 41.3. The van der Waals surface area contributed by atoms with Gasteiger partial charge in [-0.3, -0.25) is 4.79 Å². The predicted octanol–water partition coefficient (Wildman–Crippen LogP) is 0.155. The fraction of sp³-hybridized carbons (Fsp3) is 0.400. The van der Waals surface area contributed by atoms with E-state index >= 15 is 0 Å². The normalized spacial score (nSPS) is 14.6. The third-order valence-corrected chi connectivity index (χ3v) is 8.43. The van der Waals surface area contributed by atoms with Gasteiger partial charge in [0.1, 0.15) is 6.04 Å². The molecule has 3 atom stereocenters. The smallest absolute Gasteiger partial charge is 0.405 e. The minimum atomic E-state index is -4.28. The first kappa shape index (κ1) is 33.6. The molecule has 2 aromatic rings. The summed E-state index contributed by atoms with van der Waals surface area (Å²) in [6.07, 6.45) is -2.04. The highest BCUT2D eigenvalue weighted by Crippen LogP contribution is 2.20. The number of sulfonamides is 2. The zero-order valence-electron chi connectivity index (χ0n) is 22.5. The van der Waals surface area contributed by atoms with Crippen LogP contribution in [0.1, 0.15) is 25.0 Å². The lowest BCUT2D eigenvalue weighted by Gasteiger charge is -2.31. The second kappa shape index (κ2) is 14.9. The van der Waals surface area contributed by atoms with Crippen LogP contribution in [0.4, 0.5) is 4.79 Å². The van der Waals surface area contributed by atoms with Crippen LogP contribution in [0.15, 0.2) is 64.6 Å². The van der Waals surface area contributed by atoms with Crippen LogP contribution in [0.3, 0.4) is 0 Å². The van der Waals surface area contributed by atoms with Crippen molar-refractivity contribution in [1.29, 1.82) is 0 Å². The predicted molar refractivity (Wildman–Crippen MR) is 150 cm³/mol. The van der Waals surface area contributed by atoms with Crippen LogP contribution >= 0.6 is 0 Å². The maximum Gasteiger partial charge on any atom is 0.405 e. The average Bonchev–Trinajstić information content (AvgIpc) is 2.87. The summed E-state index contributed by atoms with van der Waals surface area (Å²) in [5.74, 6) is -2.26. The van der Waals surface area contributed by atoms with Gasteiger partial charge in [-0.1, -0.05) is 61.5 Å². The molecule has 0 fully saturated rings. The van der Waals surface area contributed by atoms with Crippen LogP contribution in [0.5, 0.6) is 0 Å². The van der Waals surface area contributed by atoms with E-state index in [0.717, 1.165) is 10.5 Å². The van der Waals surface area contributed by atoms with Gasteiger partial charge in [0.25, 0.3) is 0 Å². The lowest BCUT2D eigenvalue weighted by Crippen LogP contribution is -2.57. The summed E-state index contributed by atoms with van der Waals surface area (Å²) in [6.45, 7) is 3.13. The van der Waals surface area contributed by atoms with E-state index in [-0.39, 0.29) is 23.8 Å². The van der Waals surface area contributed by atoms with Crippen molar-refractivity contribution in [3.63, 3.8) is 0 Å². The number of hydrogen-bond donors (Lipinski definition) is 6. The Morgan fingerprint density at radius 1 is 1.00 bits per heavy atom.